The lowest BCUT2D eigenvalue weighted by atomic mass is 9.76. The Labute approximate surface area is 176 Å². The van der Waals surface area contributed by atoms with E-state index in [4.69, 9.17) is 23.2 Å². The van der Waals surface area contributed by atoms with Crippen molar-refractivity contribution in [2.24, 2.45) is 5.41 Å². The van der Waals surface area contributed by atoms with Gasteiger partial charge in [0.25, 0.3) is 0 Å². The number of ketones is 1. The number of Topliss-reactive ketones (excluding diaryl/α,β-unsaturated/α-hetero) is 1. The molecule has 1 aromatic heterocycles. The number of para-hydroxylation sites is 1. The van der Waals surface area contributed by atoms with Crippen molar-refractivity contribution in [3.05, 3.63) is 62.6 Å². The van der Waals surface area contributed by atoms with E-state index in [1.54, 1.807) is 23.5 Å². The Morgan fingerprint density at radius 2 is 1.75 bits per heavy atom. The number of hydrogen-bond donors (Lipinski definition) is 1. The van der Waals surface area contributed by atoms with E-state index >= 15 is 0 Å². The fourth-order valence-corrected chi connectivity index (χ4v) is 5.31. The minimum absolute atomic E-state index is 0.0439. The number of aryl methyl sites for hydroxylation is 1. The van der Waals surface area contributed by atoms with Crippen LogP contribution in [0.1, 0.15) is 29.0 Å². The molecule has 28 heavy (non-hydrogen) atoms. The van der Waals surface area contributed by atoms with E-state index in [-0.39, 0.29) is 18.6 Å². The maximum atomic E-state index is 13.2. The van der Waals surface area contributed by atoms with Gasteiger partial charge < -0.3 is 5.11 Å². The first-order chi connectivity index (χ1) is 13.4. The lowest BCUT2D eigenvalue weighted by Crippen LogP contribution is -2.35. The predicted octanol–water partition coefficient (Wildman–Crippen LogP) is 5.36. The molecule has 0 aliphatic heterocycles. The number of benzene rings is 2. The van der Waals surface area contributed by atoms with Gasteiger partial charge in [0.2, 0.25) is 0 Å². The third-order valence-electron chi connectivity index (χ3n) is 5.29. The second-order valence-corrected chi connectivity index (χ2v) is 9.17. The number of halogens is 2. The van der Waals surface area contributed by atoms with Crippen LogP contribution >= 0.6 is 34.5 Å². The first kappa shape index (κ1) is 19.4. The fraction of sp³-hybridized carbons (Fsp3) is 0.286. The monoisotopic (exact) mass is 433 g/mol. The third kappa shape index (κ3) is 3.66. The number of thiazole rings is 1. The van der Waals surface area contributed by atoms with Gasteiger partial charge in [0, 0.05) is 18.3 Å². The van der Waals surface area contributed by atoms with Gasteiger partial charge in [-0.1, -0.05) is 35.3 Å². The van der Waals surface area contributed by atoms with Gasteiger partial charge >= 0.3 is 5.97 Å². The summed E-state index contributed by atoms with van der Waals surface area (Å²) in [6.45, 7) is 0. The standard InChI is InChI=1S/C21H17Cl2NO3S/c22-14-7-12-9-21(11-20(26)27,10-13(12)8-15(14)23)18(25)5-6-19-24-16-3-1-2-4-17(16)28-19/h1-4,7-8H,5-6,9-11H2,(H,26,27). The number of hydrogen-bond acceptors (Lipinski definition) is 4. The Balaban J connectivity index is 1.56. The Bertz CT molecular complexity index is 1030. The van der Waals surface area contributed by atoms with Crippen LogP contribution in [-0.2, 0) is 28.9 Å². The molecule has 4 nitrogen and oxygen atoms in total. The number of rotatable bonds is 6. The van der Waals surface area contributed by atoms with Crippen molar-refractivity contribution < 1.29 is 14.7 Å². The molecular weight excluding hydrogens is 417 g/mol. The van der Waals surface area contributed by atoms with E-state index in [1.807, 2.05) is 24.3 Å². The molecule has 0 unspecified atom stereocenters. The van der Waals surface area contributed by atoms with Gasteiger partial charge in [0.15, 0.2) is 0 Å². The van der Waals surface area contributed by atoms with E-state index in [0.29, 0.717) is 29.3 Å². The van der Waals surface area contributed by atoms with Gasteiger partial charge in [-0.3, -0.25) is 9.59 Å². The number of carbonyl (C=O) groups excluding carboxylic acids is 1. The molecule has 0 bridgehead atoms. The van der Waals surface area contributed by atoms with E-state index < -0.39 is 11.4 Å². The summed E-state index contributed by atoms with van der Waals surface area (Å²) >= 11 is 13.8. The lowest BCUT2D eigenvalue weighted by molar-refractivity contribution is -0.144. The van der Waals surface area contributed by atoms with Crippen molar-refractivity contribution in [1.29, 1.82) is 0 Å². The van der Waals surface area contributed by atoms with Crippen molar-refractivity contribution in [3.8, 4) is 0 Å². The molecule has 7 heteroatoms. The number of carboxylic acids is 1. The minimum Gasteiger partial charge on any atom is -0.481 e. The van der Waals surface area contributed by atoms with Gasteiger partial charge in [0.1, 0.15) is 5.78 Å². The van der Waals surface area contributed by atoms with Crippen LogP contribution in [0.4, 0.5) is 0 Å². The smallest absolute Gasteiger partial charge is 0.304 e. The average Bonchev–Trinajstić information content (AvgIpc) is 3.20. The summed E-state index contributed by atoms with van der Waals surface area (Å²) in [6, 6.07) is 11.4. The number of carbonyl (C=O) groups is 2. The summed E-state index contributed by atoms with van der Waals surface area (Å²) in [4.78, 5) is 29.3. The molecule has 4 rings (SSSR count). The molecule has 0 radical (unpaired) electrons. The Hall–Kier alpha value is -1.95. The zero-order chi connectivity index (χ0) is 19.9. The molecule has 0 fully saturated rings. The number of aromatic nitrogens is 1. The van der Waals surface area contributed by atoms with E-state index in [2.05, 4.69) is 4.98 Å². The fourth-order valence-electron chi connectivity index (χ4n) is 3.97. The summed E-state index contributed by atoms with van der Waals surface area (Å²) in [6.07, 6.45) is 1.34. The van der Waals surface area contributed by atoms with Crippen molar-refractivity contribution in [3.63, 3.8) is 0 Å². The highest BCUT2D eigenvalue weighted by Crippen LogP contribution is 2.44. The first-order valence-electron chi connectivity index (χ1n) is 8.93. The number of fused-ring (bicyclic) bond motifs is 2. The first-order valence-corrected chi connectivity index (χ1v) is 10.5. The molecule has 0 saturated heterocycles. The molecule has 144 valence electrons. The molecule has 0 amide bonds. The van der Waals surface area contributed by atoms with E-state index in [0.717, 1.165) is 26.4 Å². The highest BCUT2D eigenvalue weighted by atomic mass is 35.5. The minimum atomic E-state index is -0.974. The number of carboxylic acid groups (broad SMARTS) is 1. The number of aliphatic carboxylic acids is 1. The largest absolute Gasteiger partial charge is 0.481 e. The van der Waals surface area contributed by atoms with Crippen LogP contribution < -0.4 is 0 Å². The lowest BCUT2D eigenvalue weighted by Gasteiger charge is -2.25. The topological polar surface area (TPSA) is 67.3 Å². The van der Waals surface area contributed by atoms with Crippen LogP contribution in [0.5, 0.6) is 0 Å². The average molecular weight is 434 g/mol. The molecule has 2 aromatic carbocycles. The van der Waals surface area contributed by atoms with Crippen molar-refractivity contribution in [2.75, 3.05) is 0 Å². The maximum absolute atomic E-state index is 13.2. The van der Waals surface area contributed by atoms with Crippen LogP contribution in [-0.4, -0.2) is 21.8 Å². The Kier molecular flexibility index (Phi) is 5.17. The van der Waals surface area contributed by atoms with Crippen molar-refractivity contribution >= 4 is 56.5 Å². The van der Waals surface area contributed by atoms with Crippen LogP contribution in [0.3, 0.4) is 0 Å². The highest BCUT2D eigenvalue weighted by Gasteiger charge is 2.45. The highest BCUT2D eigenvalue weighted by molar-refractivity contribution is 7.18. The second kappa shape index (κ2) is 7.47. The predicted molar refractivity (Wildman–Crippen MR) is 112 cm³/mol. The molecule has 1 aliphatic carbocycles. The van der Waals surface area contributed by atoms with E-state index in [9.17, 15) is 14.7 Å². The van der Waals surface area contributed by atoms with Gasteiger partial charge in [0.05, 0.1) is 31.7 Å². The zero-order valence-corrected chi connectivity index (χ0v) is 17.2. The zero-order valence-electron chi connectivity index (χ0n) is 14.9. The van der Waals surface area contributed by atoms with Crippen LogP contribution in [0.25, 0.3) is 10.2 Å². The molecule has 0 atom stereocenters. The van der Waals surface area contributed by atoms with E-state index in [1.165, 1.54) is 0 Å². The molecule has 1 aliphatic rings. The molecule has 0 saturated carbocycles. The van der Waals surface area contributed by atoms with Crippen LogP contribution in [0.15, 0.2) is 36.4 Å². The summed E-state index contributed by atoms with van der Waals surface area (Å²) < 4.78 is 1.09. The Morgan fingerprint density at radius 3 is 2.36 bits per heavy atom. The summed E-state index contributed by atoms with van der Waals surface area (Å²) in [5.41, 5.74) is 1.79. The summed E-state index contributed by atoms with van der Waals surface area (Å²) in [5.74, 6) is -1.02. The Morgan fingerprint density at radius 1 is 1.11 bits per heavy atom. The van der Waals surface area contributed by atoms with Crippen LogP contribution in [0, 0.1) is 5.41 Å². The molecular formula is C21H17Cl2NO3S. The van der Waals surface area contributed by atoms with Gasteiger partial charge in [-0.25, -0.2) is 4.98 Å². The normalized spacial score (nSPS) is 14.9. The molecule has 0 spiro atoms. The molecule has 3 aromatic rings. The third-order valence-corrected chi connectivity index (χ3v) is 7.10. The maximum Gasteiger partial charge on any atom is 0.304 e. The van der Waals surface area contributed by atoms with Gasteiger partial charge in [-0.2, -0.15) is 0 Å². The van der Waals surface area contributed by atoms with Crippen LogP contribution in [0.2, 0.25) is 10.0 Å². The summed E-state index contributed by atoms with van der Waals surface area (Å²) in [7, 11) is 0. The quantitative estimate of drug-likeness (QED) is 0.567. The van der Waals surface area contributed by atoms with Crippen molar-refractivity contribution in [1.82, 2.24) is 4.98 Å². The second-order valence-electron chi connectivity index (χ2n) is 7.24. The van der Waals surface area contributed by atoms with Crippen molar-refractivity contribution in [2.45, 2.75) is 32.1 Å². The number of nitrogens with zero attached hydrogens (tertiary/aromatic N) is 1. The summed E-state index contributed by atoms with van der Waals surface area (Å²) in [5, 5.41) is 11.2. The molecule has 1 heterocycles. The van der Waals surface area contributed by atoms with Gasteiger partial charge in [-0.15, -0.1) is 11.3 Å². The van der Waals surface area contributed by atoms with Gasteiger partial charge in [-0.05, 0) is 48.2 Å². The SMILES string of the molecule is O=C(O)CC1(C(=O)CCc2nc3ccccc3s2)Cc2cc(Cl)c(Cl)cc2C1. The molecule has 1 N–H and O–H groups in total.